The first kappa shape index (κ1) is 21.0. The van der Waals surface area contributed by atoms with Gasteiger partial charge in [-0.1, -0.05) is 15.9 Å². The number of carbonyl (C=O) groups is 2. The Morgan fingerprint density at radius 3 is 2.26 bits per heavy atom. The van der Waals surface area contributed by atoms with E-state index < -0.39 is 0 Å². The first-order chi connectivity index (χ1) is 12.8. The summed E-state index contributed by atoms with van der Waals surface area (Å²) >= 11 is 3.39. The summed E-state index contributed by atoms with van der Waals surface area (Å²) in [6, 6.07) is 12.2. The number of amides is 2. The van der Waals surface area contributed by atoms with Crippen molar-refractivity contribution in [2.45, 2.75) is 33.8 Å². The summed E-state index contributed by atoms with van der Waals surface area (Å²) in [6.45, 7) is 9.05. The molecule has 0 heterocycles. The smallest absolute Gasteiger partial charge is 0.259 e. The van der Waals surface area contributed by atoms with Crippen LogP contribution < -0.4 is 10.1 Å². The predicted molar refractivity (Wildman–Crippen MR) is 112 cm³/mol. The van der Waals surface area contributed by atoms with E-state index in [2.05, 4.69) is 21.2 Å². The highest BCUT2D eigenvalue weighted by molar-refractivity contribution is 9.10. The lowest BCUT2D eigenvalue weighted by Gasteiger charge is -2.18. The van der Waals surface area contributed by atoms with Gasteiger partial charge in [-0.2, -0.15) is 0 Å². The third-order valence-electron chi connectivity index (χ3n) is 3.99. The fraction of sp³-hybridized carbons (Fsp3) is 0.333. The van der Waals surface area contributed by atoms with Gasteiger partial charge in [0.05, 0.1) is 11.7 Å². The topological polar surface area (TPSA) is 58.6 Å². The normalized spacial score (nSPS) is 10.6. The minimum absolute atomic E-state index is 0.0162. The predicted octanol–water partition coefficient (Wildman–Crippen LogP) is 4.97. The van der Waals surface area contributed by atoms with E-state index in [1.54, 1.807) is 41.3 Å². The molecule has 0 unspecified atom stereocenters. The van der Waals surface area contributed by atoms with E-state index in [1.165, 1.54) is 0 Å². The molecule has 0 saturated heterocycles. The number of halogens is 1. The van der Waals surface area contributed by atoms with E-state index in [9.17, 15) is 9.59 Å². The Bertz CT molecular complexity index is 800. The zero-order valence-corrected chi connectivity index (χ0v) is 17.7. The lowest BCUT2D eigenvalue weighted by Crippen LogP contribution is -2.30. The van der Waals surface area contributed by atoms with Gasteiger partial charge in [0.1, 0.15) is 5.75 Å². The maximum atomic E-state index is 12.7. The van der Waals surface area contributed by atoms with Crippen LogP contribution in [-0.4, -0.2) is 35.9 Å². The van der Waals surface area contributed by atoms with Crippen molar-refractivity contribution in [2.24, 2.45) is 0 Å². The summed E-state index contributed by atoms with van der Waals surface area (Å²) < 4.78 is 6.52. The van der Waals surface area contributed by atoms with Gasteiger partial charge in [0.15, 0.2) is 0 Å². The second-order valence-electron chi connectivity index (χ2n) is 6.32. The molecular formula is C21H25BrN2O3. The standard InChI is InChI=1S/C21H25BrN2O3/c1-5-24(6-2)21(26)15-7-10-17(11-8-15)23-20(25)18-13-16(22)9-12-19(18)27-14(3)4/h7-14H,5-6H2,1-4H3,(H,23,25). The Morgan fingerprint density at radius 2 is 1.70 bits per heavy atom. The van der Waals surface area contributed by atoms with E-state index in [-0.39, 0.29) is 17.9 Å². The van der Waals surface area contributed by atoms with Crippen LogP contribution >= 0.6 is 15.9 Å². The van der Waals surface area contributed by atoms with E-state index in [4.69, 9.17) is 4.74 Å². The molecule has 1 N–H and O–H groups in total. The van der Waals surface area contributed by atoms with Crippen molar-refractivity contribution in [3.63, 3.8) is 0 Å². The third-order valence-corrected chi connectivity index (χ3v) is 4.48. The van der Waals surface area contributed by atoms with Crippen LogP contribution in [0.3, 0.4) is 0 Å². The lowest BCUT2D eigenvalue weighted by atomic mass is 10.1. The summed E-state index contributed by atoms with van der Waals surface area (Å²) in [5.41, 5.74) is 1.66. The molecule has 5 nitrogen and oxygen atoms in total. The first-order valence-corrected chi connectivity index (χ1v) is 9.81. The van der Waals surface area contributed by atoms with Crippen molar-refractivity contribution < 1.29 is 14.3 Å². The second-order valence-corrected chi connectivity index (χ2v) is 7.23. The molecule has 0 aliphatic heterocycles. The summed E-state index contributed by atoms with van der Waals surface area (Å²) in [4.78, 5) is 26.8. The van der Waals surface area contributed by atoms with E-state index >= 15 is 0 Å². The molecule has 0 bridgehead atoms. The molecule has 2 aromatic carbocycles. The van der Waals surface area contributed by atoms with E-state index in [1.807, 2.05) is 33.8 Å². The van der Waals surface area contributed by atoms with Crippen LogP contribution in [0.2, 0.25) is 0 Å². The van der Waals surface area contributed by atoms with Crippen LogP contribution in [0.5, 0.6) is 5.75 Å². The molecule has 6 heteroatoms. The van der Waals surface area contributed by atoms with Gasteiger partial charge < -0.3 is 15.0 Å². The number of nitrogens with one attached hydrogen (secondary N) is 1. The molecule has 0 aliphatic carbocycles. The van der Waals surface area contributed by atoms with Gasteiger partial charge in [-0.15, -0.1) is 0 Å². The van der Waals surface area contributed by atoms with Crippen LogP contribution in [0.25, 0.3) is 0 Å². The Hall–Kier alpha value is -2.34. The number of hydrogen-bond donors (Lipinski definition) is 1. The molecule has 144 valence electrons. The van der Waals surface area contributed by atoms with Crippen LogP contribution in [0, 0.1) is 0 Å². The molecular weight excluding hydrogens is 408 g/mol. The van der Waals surface area contributed by atoms with Gasteiger partial charge in [-0.25, -0.2) is 0 Å². The zero-order chi connectivity index (χ0) is 20.0. The summed E-state index contributed by atoms with van der Waals surface area (Å²) in [5.74, 6) is 0.242. The van der Waals surface area contributed by atoms with Gasteiger partial charge in [0, 0.05) is 28.8 Å². The molecule has 2 amide bonds. The molecule has 0 saturated carbocycles. The Balaban J connectivity index is 2.17. The fourth-order valence-corrected chi connectivity index (χ4v) is 2.99. The molecule has 0 aromatic heterocycles. The van der Waals surface area contributed by atoms with Crippen LogP contribution in [0.15, 0.2) is 46.9 Å². The fourth-order valence-electron chi connectivity index (χ4n) is 2.62. The monoisotopic (exact) mass is 432 g/mol. The van der Waals surface area contributed by atoms with Gasteiger partial charge in [-0.05, 0) is 70.2 Å². The minimum Gasteiger partial charge on any atom is -0.490 e. The molecule has 0 radical (unpaired) electrons. The number of anilines is 1. The summed E-state index contributed by atoms with van der Waals surface area (Å²) in [5, 5.41) is 2.86. The zero-order valence-electron chi connectivity index (χ0n) is 16.1. The average Bonchev–Trinajstić information content (AvgIpc) is 2.64. The highest BCUT2D eigenvalue weighted by Gasteiger charge is 2.16. The second kappa shape index (κ2) is 9.55. The third kappa shape index (κ3) is 5.57. The van der Waals surface area contributed by atoms with Crippen LogP contribution in [0.1, 0.15) is 48.4 Å². The van der Waals surface area contributed by atoms with Crippen LogP contribution in [0.4, 0.5) is 5.69 Å². The molecule has 2 aromatic rings. The highest BCUT2D eigenvalue weighted by atomic mass is 79.9. The lowest BCUT2D eigenvalue weighted by molar-refractivity contribution is 0.0773. The van der Waals surface area contributed by atoms with E-state index in [0.29, 0.717) is 35.7 Å². The Morgan fingerprint density at radius 1 is 1.07 bits per heavy atom. The number of hydrogen-bond acceptors (Lipinski definition) is 3. The molecule has 0 atom stereocenters. The number of nitrogens with zero attached hydrogens (tertiary/aromatic N) is 1. The quantitative estimate of drug-likeness (QED) is 0.671. The summed E-state index contributed by atoms with van der Waals surface area (Å²) in [7, 11) is 0. The molecule has 0 aliphatic rings. The van der Waals surface area contributed by atoms with Crippen molar-refractivity contribution >= 4 is 33.4 Å². The molecule has 0 fully saturated rings. The number of carbonyl (C=O) groups excluding carboxylic acids is 2. The molecule has 2 rings (SSSR count). The van der Waals surface area contributed by atoms with Crippen molar-refractivity contribution in [3.05, 3.63) is 58.1 Å². The van der Waals surface area contributed by atoms with E-state index in [0.717, 1.165) is 4.47 Å². The van der Waals surface area contributed by atoms with Crippen molar-refractivity contribution in [1.82, 2.24) is 4.90 Å². The SMILES string of the molecule is CCN(CC)C(=O)c1ccc(NC(=O)c2cc(Br)ccc2OC(C)C)cc1. The number of ether oxygens (including phenoxy) is 1. The average molecular weight is 433 g/mol. The van der Waals surface area contributed by atoms with Gasteiger partial charge >= 0.3 is 0 Å². The first-order valence-electron chi connectivity index (χ1n) is 9.02. The largest absolute Gasteiger partial charge is 0.490 e. The maximum Gasteiger partial charge on any atom is 0.259 e. The van der Waals surface area contributed by atoms with Gasteiger partial charge in [0.25, 0.3) is 11.8 Å². The highest BCUT2D eigenvalue weighted by Crippen LogP contribution is 2.25. The maximum absolute atomic E-state index is 12.7. The van der Waals surface area contributed by atoms with Crippen LogP contribution in [-0.2, 0) is 0 Å². The number of benzene rings is 2. The van der Waals surface area contributed by atoms with Gasteiger partial charge in [0.2, 0.25) is 0 Å². The summed E-state index contributed by atoms with van der Waals surface area (Å²) in [6.07, 6.45) is -0.0388. The van der Waals surface area contributed by atoms with Crippen molar-refractivity contribution in [3.8, 4) is 5.75 Å². The minimum atomic E-state index is -0.269. The van der Waals surface area contributed by atoms with Crippen molar-refractivity contribution in [2.75, 3.05) is 18.4 Å². The van der Waals surface area contributed by atoms with Gasteiger partial charge in [-0.3, -0.25) is 9.59 Å². The Labute approximate surface area is 168 Å². The molecule has 27 heavy (non-hydrogen) atoms. The van der Waals surface area contributed by atoms with Crippen molar-refractivity contribution in [1.29, 1.82) is 0 Å². The Kier molecular flexibility index (Phi) is 7.42. The number of rotatable bonds is 7. The molecule has 0 spiro atoms.